The summed E-state index contributed by atoms with van der Waals surface area (Å²) in [6.07, 6.45) is 2.43. The van der Waals surface area contributed by atoms with Crippen LogP contribution in [-0.2, 0) is 14.4 Å². The lowest BCUT2D eigenvalue weighted by Gasteiger charge is -2.28. The van der Waals surface area contributed by atoms with Crippen molar-refractivity contribution in [3.05, 3.63) is 0 Å². The van der Waals surface area contributed by atoms with Gasteiger partial charge < -0.3 is 14.9 Å². The van der Waals surface area contributed by atoms with E-state index in [1.165, 1.54) is 18.9 Å². The summed E-state index contributed by atoms with van der Waals surface area (Å²) in [7, 11) is 1.49. The van der Waals surface area contributed by atoms with Crippen LogP contribution in [0.15, 0.2) is 0 Å². The molecule has 2 aliphatic rings. The van der Waals surface area contributed by atoms with E-state index >= 15 is 0 Å². The first kappa shape index (κ1) is 17.7. The number of likely N-dealkylation sites (tertiary alicyclic amines) is 2. The number of carbonyl (C=O) groups excluding carboxylic acids is 2. The zero-order chi connectivity index (χ0) is 17.1. The average Bonchev–Trinajstić information content (AvgIpc) is 3.12. The van der Waals surface area contributed by atoms with Gasteiger partial charge in [0.25, 0.3) is 0 Å². The monoisotopic (exact) mass is 325 g/mol. The third-order valence-electron chi connectivity index (χ3n) is 5.19. The van der Waals surface area contributed by atoms with E-state index in [1.54, 1.807) is 4.90 Å². The molecule has 0 bridgehead atoms. The summed E-state index contributed by atoms with van der Waals surface area (Å²) in [5.74, 6) is -1.71. The molecule has 0 aliphatic carbocycles. The van der Waals surface area contributed by atoms with Gasteiger partial charge in [0.05, 0.1) is 5.92 Å². The lowest BCUT2D eigenvalue weighted by atomic mass is 10.1. The number of amides is 2. The summed E-state index contributed by atoms with van der Waals surface area (Å²) in [6, 6.07) is -0.495. The molecular formula is C16H27N3O4. The predicted octanol–water partition coefficient (Wildman–Crippen LogP) is 0.251. The minimum Gasteiger partial charge on any atom is -0.480 e. The second kappa shape index (κ2) is 7.29. The molecule has 2 fully saturated rings. The molecule has 0 aromatic heterocycles. The van der Waals surface area contributed by atoms with Crippen molar-refractivity contribution in [2.75, 3.05) is 33.2 Å². The maximum absolute atomic E-state index is 12.4. The summed E-state index contributed by atoms with van der Waals surface area (Å²) in [6.45, 7) is 6.74. The third kappa shape index (κ3) is 3.83. The van der Waals surface area contributed by atoms with Crippen LogP contribution in [0.5, 0.6) is 0 Å². The van der Waals surface area contributed by atoms with Gasteiger partial charge in [-0.05, 0) is 32.9 Å². The number of carboxylic acid groups (broad SMARTS) is 1. The molecule has 2 amide bonds. The van der Waals surface area contributed by atoms with Gasteiger partial charge in [-0.15, -0.1) is 0 Å². The Bertz CT molecular complexity index is 482. The standard InChI is InChI=1S/C16H27N3O4/c1-4-18-7-5-6-13(18)10-19-9-12(8-14(19)20)15(21)17(3)11(2)16(22)23/h11-13H,4-10H2,1-3H3,(H,22,23). The number of hydrogen-bond acceptors (Lipinski definition) is 4. The van der Waals surface area contributed by atoms with Crippen LogP contribution < -0.4 is 0 Å². The number of carboxylic acids is 1. The number of nitrogens with zero attached hydrogens (tertiary/aromatic N) is 3. The van der Waals surface area contributed by atoms with Crippen molar-refractivity contribution < 1.29 is 19.5 Å². The molecule has 3 atom stereocenters. The molecule has 1 N–H and O–H groups in total. The van der Waals surface area contributed by atoms with Crippen LogP contribution in [0.2, 0.25) is 0 Å². The fraction of sp³-hybridized carbons (Fsp3) is 0.812. The molecule has 2 rings (SSSR count). The summed E-state index contributed by atoms with van der Waals surface area (Å²) in [5.41, 5.74) is 0. The Morgan fingerprint density at radius 3 is 2.74 bits per heavy atom. The number of carbonyl (C=O) groups is 3. The lowest BCUT2D eigenvalue weighted by Crippen LogP contribution is -2.44. The molecule has 2 aliphatic heterocycles. The van der Waals surface area contributed by atoms with E-state index in [2.05, 4.69) is 11.8 Å². The van der Waals surface area contributed by atoms with Gasteiger partial charge in [-0.3, -0.25) is 14.5 Å². The van der Waals surface area contributed by atoms with Crippen LogP contribution in [0.1, 0.15) is 33.1 Å². The van der Waals surface area contributed by atoms with E-state index < -0.39 is 17.9 Å². The zero-order valence-corrected chi connectivity index (χ0v) is 14.2. The molecule has 0 saturated carbocycles. The van der Waals surface area contributed by atoms with E-state index in [9.17, 15) is 14.4 Å². The van der Waals surface area contributed by atoms with Crippen molar-refractivity contribution in [3.8, 4) is 0 Å². The van der Waals surface area contributed by atoms with Gasteiger partial charge in [0, 0.05) is 32.6 Å². The molecule has 0 radical (unpaired) electrons. The normalized spacial score (nSPS) is 26.6. The first-order valence-electron chi connectivity index (χ1n) is 8.36. The van der Waals surface area contributed by atoms with E-state index in [-0.39, 0.29) is 18.2 Å². The minimum atomic E-state index is -1.04. The molecule has 7 nitrogen and oxygen atoms in total. The average molecular weight is 325 g/mol. The fourth-order valence-electron chi connectivity index (χ4n) is 3.53. The van der Waals surface area contributed by atoms with Gasteiger partial charge in [0.2, 0.25) is 11.8 Å². The smallest absolute Gasteiger partial charge is 0.326 e. The zero-order valence-electron chi connectivity index (χ0n) is 14.2. The van der Waals surface area contributed by atoms with Gasteiger partial charge in [-0.2, -0.15) is 0 Å². The molecular weight excluding hydrogens is 298 g/mol. The topological polar surface area (TPSA) is 81.2 Å². The Morgan fingerprint density at radius 2 is 2.13 bits per heavy atom. The summed E-state index contributed by atoms with van der Waals surface area (Å²) in [5, 5.41) is 9.02. The molecule has 2 heterocycles. The summed E-state index contributed by atoms with van der Waals surface area (Å²) in [4.78, 5) is 41.0. The number of rotatable bonds is 6. The predicted molar refractivity (Wildman–Crippen MR) is 84.8 cm³/mol. The maximum atomic E-state index is 12.4. The van der Waals surface area contributed by atoms with Crippen LogP contribution in [-0.4, -0.2) is 82.9 Å². The van der Waals surface area contributed by atoms with Gasteiger partial charge >= 0.3 is 5.97 Å². The summed E-state index contributed by atoms with van der Waals surface area (Å²) >= 11 is 0. The van der Waals surface area contributed by atoms with Crippen LogP contribution in [0.4, 0.5) is 0 Å². The van der Waals surface area contributed by atoms with Crippen LogP contribution >= 0.6 is 0 Å². The van der Waals surface area contributed by atoms with Crippen molar-refractivity contribution in [2.45, 2.75) is 45.2 Å². The highest BCUT2D eigenvalue weighted by molar-refractivity contribution is 5.91. The van der Waals surface area contributed by atoms with Crippen LogP contribution in [0.25, 0.3) is 0 Å². The Kier molecular flexibility index (Phi) is 5.62. The second-order valence-electron chi connectivity index (χ2n) is 6.59. The molecule has 130 valence electrons. The molecule has 0 aromatic rings. The third-order valence-corrected chi connectivity index (χ3v) is 5.19. The Labute approximate surface area is 137 Å². The van der Waals surface area contributed by atoms with Crippen molar-refractivity contribution in [2.24, 2.45) is 5.92 Å². The van der Waals surface area contributed by atoms with Crippen molar-refractivity contribution in [1.82, 2.24) is 14.7 Å². The van der Waals surface area contributed by atoms with E-state index in [0.29, 0.717) is 19.1 Å². The van der Waals surface area contributed by atoms with E-state index in [1.807, 2.05) is 0 Å². The van der Waals surface area contributed by atoms with Gasteiger partial charge in [0.1, 0.15) is 6.04 Å². The number of aliphatic carboxylic acids is 1. The summed E-state index contributed by atoms with van der Waals surface area (Å²) < 4.78 is 0. The maximum Gasteiger partial charge on any atom is 0.326 e. The highest BCUT2D eigenvalue weighted by Crippen LogP contribution is 2.24. The number of likely N-dealkylation sites (N-methyl/N-ethyl adjacent to an activating group) is 2. The first-order chi connectivity index (χ1) is 10.8. The fourth-order valence-corrected chi connectivity index (χ4v) is 3.53. The lowest BCUT2D eigenvalue weighted by molar-refractivity contribution is -0.149. The molecule has 23 heavy (non-hydrogen) atoms. The Morgan fingerprint density at radius 1 is 1.43 bits per heavy atom. The highest BCUT2D eigenvalue weighted by Gasteiger charge is 2.39. The quantitative estimate of drug-likeness (QED) is 0.757. The van der Waals surface area contributed by atoms with Crippen LogP contribution in [0, 0.1) is 5.92 Å². The van der Waals surface area contributed by atoms with Crippen LogP contribution in [0.3, 0.4) is 0 Å². The molecule has 0 spiro atoms. The van der Waals surface area contributed by atoms with E-state index in [4.69, 9.17) is 5.11 Å². The minimum absolute atomic E-state index is 0.00248. The SMILES string of the molecule is CCN1CCCC1CN1CC(C(=O)N(C)C(C)C(=O)O)CC1=O. The van der Waals surface area contributed by atoms with Crippen molar-refractivity contribution in [1.29, 1.82) is 0 Å². The van der Waals surface area contributed by atoms with Gasteiger partial charge in [0.15, 0.2) is 0 Å². The van der Waals surface area contributed by atoms with Crippen molar-refractivity contribution >= 4 is 17.8 Å². The highest BCUT2D eigenvalue weighted by atomic mass is 16.4. The first-order valence-corrected chi connectivity index (χ1v) is 8.36. The largest absolute Gasteiger partial charge is 0.480 e. The molecule has 3 unspecified atom stereocenters. The molecule has 7 heteroatoms. The van der Waals surface area contributed by atoms with E-state index in [0.717, 1.165) is 25.9 Å². The molecule has 0 aromatic carbocycles. The molecule has 2 saturated heterocycles. The van der Waals surface area contributed by atoms with Crippen molar-refractivity contribution in [3.63, 3.8) is 0 Å². The van der Waals surface area contributed by atoms with Gasteiger partial charge in [-0.25, -0.2) is 4.79 Å². The van der Waals surface area contributed by atoms with Gasteiger partial charge in [-0.1, -0.05) is 6.92 Å². The number of hydrogen-bond donors (Lipinski definition) is 1. The Balaban J connectivity index is 1.94. The second-order valence-corrected chi connectivity index (χ2v) is 6.59. The Hall–Kier alpha value is -1.63.